The Bertz CT molecular complexity index is 956. The Morgan fingerprint density at radius 2 is 1.94 bits per heavy atom. The van der Waals surface area contributed by atoms with Crippen molar-refractivity contribution in [3.05, 3.63) is 59.4 Å². The number of Topliss-reactive ketones (excluding diaryl/α,β-unsaturated/α-hetero) is 2. The quantitative estimate of drug-likeness (QED) is 0.269. The summed E-state index contributed by atoms with van der Waals surface area (Å²) in [5.74, 6) is -3.15. The molecule has 0 bridgehead atoms. The zero-order valence-electron chi connectivity index (χ0n) is 17.4. The summed E-state index contributed by atoms with van der Waals surface area (Å²) in [5, 5.41) is 34.0. The third kappa shape index (κ3) is 3.30. The van der Waals surface area contributed by atoms with Crippen molar-refractivity contribution in [1.29, 1.82) is 0 Å². The molecule has 1 fully saturated rings. The number of aliphatic hydroxyl groups excluding tert-OH is 3. The van der Waals surface area contributed by atoms with Crippen LogP contribution in [0.4, 0.5) is 0 Å². The molecule has 0 aromatic heterocycles. The minimum absolute atomic E-state index is 0.135. The Hall–Kier alpha value is -2.85. The highest BCUT2D eigenvalue weighted by atomic mass is 16.6. The molecule has 2 heterocycles. The smallest absolute Gasteiger partial charge is 0.278 e. The van der Waals surface area contributed by atoms with Crippen molar-refractivity contribution in [2.24, 2.45) is 0 Å². The molecule has 166 valence electrons. The van der Waals surface area contributed by atoms with E-state index in [1.54, 1.807) is 24.3 Å². The van der Waals surface area contributed by atoms with Gasteiger partial charge in [-0.15, -0.1) is 0 Å². The molecule has 0 aliphatic carbocycles. The highest BCUT2D eigenvalue weighted by Gasteiger charge is 2.74. The minimum atomic E-state index is -2.53. The Kier molecular flexibility index (Phi) is 6.15. The lowest BCUT2D eigenvalue weighted by molar-refractivity contribution is -0.163. The lowest BCUT2D eigenvalue weighted by Gasteiger charge is -2.32. The van der Waals surface area contributed by atoms with Gasteiger partial charge in [0, 0.05) is 18.2 Å². The van der Waals surface area contributed by atoms with E-state index in [4.69, 9.17) is 9.47 Å². The molecule has 4 N–H and O–H groups in total. The molecule has 5 atom stereocenters. The maximum absolute atomic E-state index is 13.1. The fourth-order valence-corrected chi connectivity index (χ4v) is 3.81. The van der Waals surface area contributed by atoms with Gasteiger partial charge in [0.15, 0.2) is 6.10 Å². The number of nitrogens with one attached hydrogen (secondary N) is 1. The van der Waals surface area contributed by atoms with E-state index >= 15 is 0 Å². The Morgan fingerprint density at radius 3 is 2.52 bits per heavy atom. The zero-order valence-corrected chi connectivity index (χ0v) is 17.4. The Balaban J connectivity index is 1.99. The van der Waals surface area contributed by atoms with Crippen molar-refractivity contribution < 1.29 is 39.2 Å². The fraction of sp³-hybridized carbons (Fsp3) is 0.409. The molecule has 3 rings (SSSR count). The maximum Gasteiger partial charge on any atom is 0.278 e. The molecule has 0 saturated carbocycles. The van der Waals surface area contributed by atoms with Gasteiger partial charge in [0.1, 0.15) is 18.0 Å². The number of methoxy groups -OCH3 is 1. The van der Waals surface area contributed by atoms with Crippen molar-refractivity contribution >= 4 is 17.5 Å². The first-order valence-electron chi connectivity index (χ1n) is 9.80. The summed E-state index contributed by atoms with van der Waals surface area (Å²) in [6.07, 6.45) is -1.60. The van der Waals surface area contributed by atoms with E-state index in [1.807, 2.05) is 6.92 Å². The van der Waals surface area contributed by atoms with Crippen molar-refractivity contribution in [1.82, 2.24) is 5.32 Å². The molecule has 0 radical (unpaired) electrons. The molecule has 1 saturated heterocycles. The second-order valence-corrected chi connectivity index (χ2v) is 7.42. The molecule has 9 nitrogen and oxygen atoms in total. The van der Waals surface area contributed by atoms with Crippen LogP contribution < -0.4 is 5.32 Å². The summed E-state index contributed by atoms with van der Waals surface area (Å²) in [7, 11) is 1.11. The summed E-state index contributed by atoms with van der Waals surface area (Å²) in [5.41, 5.74) is -4.83. The highest BCUT2D eigenvalue weighted by molar-refractivity contribution is 6.23. The van der Waals surface area contributed by atoms with Gasteiger partial charge in [0.05, 0.1) is 0 Å². The summed E-state index contributed by atoms with van der Waals surface area (Å²) < 4.78 is 10.8. The average Bonchev–Trinajstić information content (AvgIpc) is 3.18. The standard InChI is InChI=1S/C22H25NO8/c1-4-5-11-14(24)15(25)16-12(2)17(26)21(31-16)19(28)22(30-3,23-20(21)29)18(27)13-9-7-6-8-10-13/h5-11,14-15,19,24-25,28H,4H2,1-3H3,(H,23,29)/t14-,15+,19+,21-,22-/m1/s1. The van der Waals surface area contributed by atoms with Crippen LogP contribution >= 0.6 is 0 Å². The van der Waals surface area contributed by atoms with E-state index < -0.39 is 47.1 Å². The van der Waals surface area contributed by atoms with Crippen molar-refractivity contribution in [3.8, 4) is 0 Å². The summed E-state index contributed by atoms with van der Waals surface area (Å²) >= 11 is 0. The second kappa shape index (κ2) is 8.35. The minimum Gasteiger partial charge on any atom is -0.467 e. The van der Waals surface area contributed by atoms with E-state index in [1.165, 1.54) is 25.1 Å². The number of aliphatic hydroxyl groups is 3. The van der Waals surface area contributed by atoms with Crippen molar-refractivity contribution in [2.45, 2.75) is 49.9 Å². The van der Waals surface area contributed by atoms with Crippen LogP contribution in [0.5, 0.6) is 0 Å². The van der Waals surface area contributed by atoms with Gasteiger partial charge in [-0.25, -0.2) is 0 Å². The normalized spacial score (nSPS) is 30.1. The van der Waals surface area contributed by atoms with Crippen LogP contribution in [0.25, 0.3) is 0 Å². The lowest BCUT2D eigenvalue weighted by atomic mass is 9.85. The van der Waals surface area contributed by atoms with E-state index in [2.05, 4.69) is 5.32 Å². The first kappa shape index (κ1) is 22.8. The number of hydrogen-bond donors (Lipinski definition) is 4. The number of ketones is 2. The number of allylic oxidation sites excluding steroid dienone is 1. The second-order valence-electron chi connectivity index (χ2n) is 7.42. The largest absolute Gasteiger partial charge is 0.467 e. The first-order valence-corrected chi connectivity index (χ1v) is 9.80. The molecule has 2 aliphatic heterocycles. The number of rotatable bonds is 7. The molecule has 31 heavy (non-hydrogen) atoms. The molecule has 1 aromatic rings. The van der Waals surface area contributed by atoms with Crippen LogP contribution in [-0.2, 0) is 19.1 Å². The predicted molar refractivity (Wildman–Crippen MR) is 108 cm³/mol. The van der Waals surface area contributed by atoms with E-state index in [0.29, 0.717) is 6.42 Å². The molecular weight excluding hydrogens is 406 g/mol. The SMILES string of the molecule is CCC=C[C@@H](O)[C@H](O)C1=C(C)C(=O)[C@]2(O1)C(=O)N[C@@](OC)(C(=O)c1ccccc1)[C@H]2O. The number of hydrogen-bond acceptors (Lipinski definition) is 8. The Morgan fingerprint density at radius 1 is 1.29 bits per heavy atom. The summed E-state index contributed by atoms with van der Waals surface area (Å²) in [4.78, 5) is 39.2. The first-order chi connectivity index (χ1) is 14.7. The number of carbonyl (C=O) groups is 3. The van der Waals surface area contributed by atoms with Gasteiger partial charge in [-0.1, -0.05) is 49.4 Å². The Labute approximate surface area is 179 Å². The molecule has 9 heteroatoms. The predicted octanol–water partition coefficient (Wildman–Crippen LogP) is 0.00280. The van der Waals surface area contributed by atoms with Crippen LogP contribution in [0.1, 0.15) is 30.6 Å². The van der Waals surface area contributed by atoms with E-state index in [-0.39, 0.29) is 16.9 Å². The third-order valence-corrected chi connectivity index (χ3v) is 5.58. The number of benzene rings is 1. The molecule has 2 aliphatic rings. The van der Waals surface area contributed by atoms with E-state index in [0.717, 1.165) is 7.11 Å². The monoisotopic (exact) mass is 431 g/mol. The number of amides is 1. The fourth-order valence-electron chi connectivity index (χ4n) is 3.81. The van der Waals surface area contributed by atoms with Crippen LogP contribution in [0.15, 0.2) is 53.8 Å². The summed E-state index contributed by atoms with van der Waals surface area (Å²) in [6, 6.07) is 7.82. The van der Waals surface area contributed by atoms with Gasteiger partial charge in [-0.05, 0) is 13.3 Å². The van der Waals surface area contributed by atoms with Crippen LogP contribution in [0.2, 0.25) is 0 Å². The van der Waals surface area contributed by atoms with Crippen molar-refractivity contribution in [2.75, 3.05) is 7.11 Å². The zero-order chi connectivity index (χ0) is 23.0. The maximum atomic E-state index is 13.1. The van der Waals surface area contributed by atoms with Gasteiger partial charge >= 0.3 is 0 Å². The van der Waals surface area contributed by atoms with Gasteiger partial charge < -0.3 is 30.1 Å². The molecule has 1 amide bonds. The van der Waals surface area contributed by atoms with Crippen LogP contribution in [-0.4, -0.2) is 69.5 Å². The van der Waals surface area contributed by atoms with Crippen LogP contribution in [0, 0.1) is 0 Å². The van der Waals surface area contributed by atoms with E-state index in [9.17, 15) is 29.7 Å². The summed E-state index contributed by atoms with van der Waals surface area (Å²) in [6.45, 7) is 3.13. The third-order valence-electron chi connectivity index (χ3n) is 5.58. The van der Waals surface area contributed by atoms with Crippen LogP contribution in [0.3, 0.4) is 0 Å². The van der Waals surface area contributed by atoms with Gasteiger partial charge in [0.2, 0.25) is 17.3 Å². The molecule has 1 aromatic carbocycles. The van der Waals surface area contributed by atoms with Crippen molar-refractivity contribution in [3.63, 3.8) is 0 Å². The van der Waals surface area contributed by atoms with Gasteiger partial charge in [0.25, 0.3) is 11.5 Å². The molecule has 1 spiro atoms. The lowest BCUT2D eigenvalue weighted by Crippen LogP contribution is -2.60. The van der Waals surface area contributed by atoms with Gasteiger partial charge in [-0.3, -0.25) is 14.4 Å². The van der Waals surface area contributed by atoms with Gasteiger partial charge in [-0.2, -0.15) is 0 Å². The topological polar surface area (TPSA) is 142 Å². The average molecular weight is 431 g/mol. The number of carbonyl (C=O) groups excluding carboxylic acids is 3. The number of ether oxygens (including phenoxy) is 2. The molecular formula is C22H25NO8. The highest BCUT2D eigenvalue weighted by Crippen LogP contribution is 2.44. The molecule has 0 unspecified atom stereocenters.